The smallest absolute Gasteiger partial charge is 0.338 e. The highest BCUT2D eigenvalue weighted by Crippen LogP contribution is 2.36. The third-order valence-electron chi connectivity index (χ3n) is 8.24. The molecule has 0 unspecified atom stereocenters. The number of carbonyl (C=O) groups is 2. The molecule has 11 heteroatoms. The van der Waals surface area contributed by atoms with Crippen LogP contribution in [0, 0.1) is 0 Å². The van der Waals surface area contributed by atoms with Gasteiger partial charge >= 0.3 is 11.9 Å². The van der Waals surface area contributed by atoms with Crippen molar-refractivity contribution in [3.05, 3.63) is 150 Å². The van der Waals surface area contributed by atoms with E-state index in [0.29, 0.717) is 62.2 Å². The van der Waals surface area contributed by atoms with Gasteiger partial charge in [0.25, 0.3) is 5.56 Å². The van der Waals surface area contributed by atoms with Crippen molar-refractivity contribution in [3.8, 4) is 17.2 Å². The first-order valence-electron chi connectivity index (χ1n) is 16.9. The molecule has 1 aromatic heterocycles. The zero-order chi connectivity index (χ0) is 36.6. The summed E-state index contributed by atoms with van der Waals surface area (Å²) in [6.07, 6.45) is 1.75. The zero-order valence-corrected chi connectivity index (χ0v) is 30.1. The van der Waals surface area contributed by atoms with Crippen LogP contribution < -0.4 is 29.1 Å². The largest absolute Gasteiger partial charge is 0.494 e. The molecule has 1 aliphatic heterocycles. The van der Waals surface area contributed by atoms with Gasteiger partial charge in [-0.1, -0.05) is 78.1 Å². The Kier molecular flexibility index (Phi) is 11.3. The predicted octanol–water partition coefficient (Wildman–Crippen LogP) is 6.10. The normalized spacial score (nSPS) is 13.9. The second-order valence-corrected chi connectivity index (χ2v) is 12.5. The van der Waals surface area contributed by atoms with Gasteiger partial charge < -0.3 is 23.7 Å². The van der Waals surface area contributed by atoms with Crippen LogP contribution in [-0.2, 0) is 20.9 Å². The number of ether oxygens (including phenoxy) is 5. The quantitative estimate of drug-likeness (QED) is 0.134. The van der Waals surface area contributed by atoms with E-state index in [1.807, 2.05) is 73.7 Å². The van der Waals surface area contributed by atoms with Gasteiger partial charge in [0.05, 0.1) is 54.3 Å². The fourth-order valence-corrected chi connectivity index (χ4v) is 6.87. The van der Waals surface area contributed by atoms with Crippen LogP contribution >= 0.6 is 11.3 Å². The van der Waals surface area contributed by atoms with E-state index in [2.05, 4.69) is 0 Å². The van der Waals surface area contributed by atoms with Crippen molar-refractivity contribution in [3.63, 3.8) is 0 Å². The van der Waals surface area contributed by atoms with Crippen LogP contribution in [0.25, 0.3) is 11.8 Å². The van der Waals surface area contributed by atoms with Crippen molar-refractivity contribution in [2.75, 3.05) is 26.9 Å². The number of hydrogen-bond acceptors (Lipinski definition) is 10. The van der Waals surface area contributed by atoms with Gasteiger partial charge in [-0.2, -0.15) is 0 Å². The number of thiazole rings is 1. The number of fused-ring (bicyclic) bond motifs is 1. The van der Waals surface area contributed by atoms with Crippen molar-refractivity contribution >= 4 is 35.0 Å². The van der Waals surface area contributed by atoms with Crippen LogP contribution in [0.4, 0.5) is 0 Å². The van der Waals surface area contributed by atoms with E-state index in [9.17, 15) is 14.4 Å². The van der Waals surface area contributed by atoms with Crippen molar-refractivity contribution in [2.45, 2.75) is 33.4 Å². The molecule has 0 fully saturated rings. The summed E-state index contributed by atoms with van der Waals surface area (Å²) in [6, 6.07) is 28.3. The molecule has 0 saturated carbocycles. The first-order valence-corrected chi connectivity index (χ1v) is 17.8. The average molecular weight is 719 g/mol. The van der Waals surface area contributed by atoms with E-state index < -0.39 is 18.0 Å². The molecular weight excluding hydrogens is 681 g/mol. The molecule has 0 bridgehead atoms. The summed E-state index contributed by atoms with van der Waals surface area (Å²) in [5.74, 6) is 0.637. The number of benzene rings is 4. The molecule has 0 saturated heterocycles. The maximum absolute atomic E-state index is 14.5. The summed E-state index contributed by atoms with van der Waals surface area (Å²) >= 11 is 1.21. The van der Waals surface area contributed by atoms with Crippen LogP contribution in [0.3, 0.4) is 0 Å². The summed E-state index contributed by atoms with van der Waals surface area (Å²) in [4.78, 5) is 45.8. The predicted molar refractivity (Wildman–Crippen MR) is 198 cm³/mol. The molecule has 10 nitrogen and oxygen atoms in total. The minimum Gasteiger partial charge on any atom is -0.494 e. The van der Waals surface area contributed by atoms with Crippen LogP contribution in [0.15, 0.2) is 112 Å². The van der Waals surface area contributed by atoms with E-state index in [0.717, 1.165) is 11.1 Å². The third-order valence-corrected chi connectivity index (χ3v) is 9.23. The first-order chi connectivity index (χ1) is 25.4. The molecule has 0 amide bonds. The number of nitrogens with zero attached hydrogens (tertiary/aromatic N) is 2. The number of carbonyl (C=O) groups excluding carboxylic acids is 2. The number of esters is 2. The van der Waals surface area contributed by atoms with Gasteiger partial charge in [-0.15, -0.1) is 0 Å². The first kappa shape index (κ1) is 35.9. The molecule has 52 heavy (non-hydrogen) atoms. The number of hydrogen-bond donors (Lipinski definition) is 0. The summed E-state index contributed by atoms with van der Waals surface area (Å²) < 4.78 is 30.2. The summed E-state index contributed by atoms with van der Waals surface area (Å²) in [7, 11) is 1.55. The van der Waals surface area contributed by atoms with Crippen LogP contribution in [-0.4, -0.2) is 43.4 Å². The van der Waals surface area contributed by atoms with Gasteiger partial charge in [-0.3, -0.25) is 9.36 Å². The molecule has 0 spiro atoms. The lowest BCUT2D eigenvalue weighted by atomic mass is 9.93. The maximum atomic E-state index is 14.5. The van der Waals surface area contributed by atoms with Gasteiger partial charge in [0.15, 0.2) is 16.3 Å². The standard InChI is InChI=1S/C41H38N2O8S/c1-5-48-31-22-20-28(21-23-31)36-34(40(46)50-7-3)35(27-12-9-8-10-13-27)42-41-43(36)38(44)33(52-41)24-30-14-11-15-32(47-4)37(30)51-25-26-16-18-29(19-17-26)39(45)49-6-2/h8-24,36H,5-7,25H2,1-4H3/b33-24-/t36-/m1/s1. The summed E-state index contributed by atoms with van der Waals surface area (Å²) in [6.45, 7) is 6.53. The van der Waals surface area contributed by atoms with Crippen molar-refractivity contribution in [1.29, 1.82) is 0 Å². The number of methoxy groups -OCH3 is 1. The van der Waals surface area contributed by atoms with Gasteiger partial charge in [-0.25, -0.2) is 14.6 Å². The average Bonchev–Trinajstić information content (AvgIpc) is 3.48. The Bertz CT molecular complexity index is 2270. The highest BCUT2D eigenvalue weighted by atomic mass is 32.1. The van der Waals surface area contributed by atoms with Gasteiger partial charge in [-0.05, 0) is 68.3 Å². The number of para-hydroxylation sites is 1. The highest BCUT2D eigenvalue weighted by Gasteiger charge is 2.35. The van der Waals surface area contributed by atoms with E-state index >= 15 is 0 Å². The van der Waals surface area contributed by atoms with Gasteiger partial charge in [0, 0.05) is 11.1 Å². The Hall–Kier alpha value is -5.94. The fourth-order valence-electron chi connectivity index (χ4n) is 5.88. The lowest BCUT2D eigenvalue weighted by Gasteiger charge is -2.26. The summed E-state index contributed by atoms with van der Waals surface area (Å²) in [5.41, 5.74) is 3.65. The monoisotopic (exact) mass is 718 g/mol. The van der Waals surface area contributed by atoms with Gasteiger partial charge in [0.1, 0.15) is 12.4 Å². The molecule has 266 valence electrons. The lowest BCUT2D eigenvalue weighted by Crippen LogP contribution is -2.40. The van der Waals surface area contributed by atoms with Crippen molar-refractivity contribution < 1.29 is 33.3 Å². The second-order valence-electron chi connectivity index (χ2n) is 11.5. The molecular formula is C41H38N2O8S. The Morgan fingerprint density at radius 2 is 1.52 bits per heavy atom. The van der Waals surface area contributed by atoms with Crippen molar-refractivity contribution in [1.82, 2.24) is 4.57 Å². The molecule has 0 aliphatic carbocycles. The van der Waals surface area contributed by atoms with Crippen molar-refractivity contribution in [2.24, 2.45) is 4.99 Å². The minimum atomic E-state index is -0.832. The maximum Gasteiger partial charge on any atom is 0.338 e. The topological polar surface area (TPSA) is 115 Å². The molecule has 1 aliphatic rings. The molecule has 0 radical (unpaired) electrons. The minimum absolute atomic E-state index is 0.152. The van der Waals surface area contributed by atoms with E-state index in [1.54, 1.807) is 61.9 Å². The van der Waals surface area contributed by atoms with Crippen LogP contribution in [0.5, 0.6) is 17.2 Å². The second kappa shape index (κ2) is 16.4. The lowest BCUT2D eigenvalue weighted by molar-refractivity contribution is -0.138. The SMILES string of the molecule is CCOC(=O)C1=C(c2ccccc2)N=c2s/c(=C\c3cccc(OC)c3OCc3ccc(C(=O)OCC)cc3)c(=O)n2[C@@H]1c1ccc(OCC)cc1. The molecule has 2 heterocycles. The Balaban J connectivity index is 1.47. The zero-order valence-electron chi connectivity index (χ0n) is 29.3. The molecule has 1 atom stereocenters. The molecule has 6 rings (SSSR count). The highest BCUT2D eigenvalue weighted by molar-refractivity contribution is 7.07. The number of rotatable bonds is 13. The van der Waals surface area contributed by atoms with E-state index in [1.165, 1.54) is 11.3 Å². The Morgan fingerprint density at radius 3 is 2.19 bits per heavy atom. The molecule has 4 aromatic carbocycles. The van der Waals surface area contributed by atoms with Crippen LogP contribution in [0.1, 0.15) is 59.4 Å². The molecule has 0 N–H and O–H groups in total. The van der Waals surface area contributed by atoms with Crippen LogP contribution in [0.2, 0.25) is 0 Å². The fraction of sp³-hybridized carbons (Fsp3) is 0.220. The third kappa shape index (κ3) is 7.54. The molecule has 5 aromatic rings. The Labute approximate surface area is 304 Å². The van der Waals surface area contributed by atoms with Gasteiger partial charge in [0.2, 0.25) is 0 Å². The summed E-state index contributed by atoms with van der Waals surface area (Å²) in [5, 5.41) is 0. The Morgan fingerprint density at radius 1 is 0.808 bits per heavy atom. The number of aromatic nitrogens is 1. The van der Waals surface area contributed by atoms with E-state index in [4.69, 9.17) is 28.7 Å². The van der Waals surface area contributed by atoms with E-state index in [-0.39, 0.29) is 24.3 Å².